The fraction of sp³-hybridized carbons (Fsp3) is 1.00. The molecule has 2 rings (SSSR count). The van der Waals surface area contributed by atoms with E-state index >= 15 is 0 Å². The predicted molar refractivity (Wildman–Crippen MR) is 106 cm³/mol. The summed E-state index contributed by atoms with van der Waals surface area (Å²) in [5.74, 6) is 1.50. The molecule has 0 radical (unpaired) electrons. The lowest BCUT2D eigenvalue weighted by Crippen LogP contribution is -2.64. The van der Waals surface area contributed by atoms with Gasteiger partial charge in [0.2, 0.25) is 0 Å². The highest BCUT2D eigenvalue weighted by Gasteiger charge is 2.47. The molecule has 2 heterocycles. The number of hydrogen-bond acceptors (Lipinski definition) is 3. The fourth-order valence-corrected chi connectivity index (χ4v) is 6.51. The second-order valence-electron chi connectivity index (χ2n) is 11.6. The average molecular weight is 338 g/mol. The molecule has 142 valence electrons. The van der Waals surface area contributed by atoms with E-state index in [0.29, 0.717) is 6.04 Å². The first-order chi connectivity index (χ1) is 10.6. The smallest absolute Gasteiger partial charge is 0.0148 e. The quantitative estimate of drug-likeness (QED) is 0.814. The van der Waals surface area contributed by atoms with Crippen molar-refractivity contribution in [2.45, 2.75) is 109 Å². The maximum atomic E-state index is 3.86. The summed E-state index contributed by atoms with van der Waals surface area (Å²) in [5, 5.41) is 7.72. The third kappa shape index (κ3) is 4.95. The lowest BCUT2D eigenvalue weighted by Gasteiger charge is -2.55. The Kier molecular flexibility index (Phi) is 5.25. The van der Waals surface area contributed by atoms with Gasteiger partial charge in [0.05, 0.1) is 0 Å². The summed E-state index contributed by atoms with van der Waals surface area (Å²) in [6.07, 6.45) is 5.07. The van der Waals surface area contributed by atoms with Crippen LogP contribution in [-0.2, 0) is 0 Å². The number of piperidine rings is 2. The van der Waals surface area contributed by atoms with Crippen molar-refractivity contribution in [2.24, 2.45) is 11.8 Å². The summed E-state index contributed by atoms with van der Waals surface area (Å²) in [6.45, 7) is 19.0. The van der Waals surface area contributed by atoms with Gasteiger partial charge in [-0.3, -0.25) is 0 Å². The second kappa shape index (κ2) is 6.25. The summed E-state index contributed by atoms with van der Waals surface area (Å²) in [6, 6.07) is 0.659. The molecule has 0 aromatic carbocycles. The Hall–Kier alpha value is -0.120. The Balaban J connectivity index is 2.29. The molecule has 2 aliphatic rings. The van der Waals surface area contributed by atoms with Crippen molar-refractivity contribution in [1.82, 2.24) is 15.5 Å². The van der Waals surface area contributed by atoms with E-state index < -0.39 is 0 Å². The summed E-state index contributed by atoms with van der Waals surface area (Å²) in [5.41, 5.74) is 0.883. The van der Waals surface area contributed by atoms with Gasteiger partial charge in [-0.2, -0.15) is 0 Å². The molecule has 0 unspecified atom stereocenters. The largest absolute Gasteiger partial charge is 0.307 e. The first kappa shape index (κ1) is 20.2. The zero-order valence-corrected chi connectivity index (χ0v) is 18.0. The zero-order valence-electron chi connectivity index (χ0n) is 18.0. The Labute approximate surface area is 151 Å². The number of hydrogen-bond donors (Lipinski definition) is 2. The van der Waals surface area contributed by atoms with Crippen molar-refractivity contribution in [1.29, 1.82) is 0 Å². The van der Waals surface area contributed by atoms with Crippen LogP contribution in [-0.4, -0.2) is 47.2 Å². The Bertz CT molecular complexity index is 378. The van der Waals surface area contributed by atoms with E-state index in [1.54, 1.807) is 0 Å². The number of nitrogens with zero attached hydrogens (tertiary/aromatic N) is 1. The maximum Gasteiger partial charge on any atom is 0.0148 e. The van der Waals surface area contributed by atoms with Crippen LogP contribution in [0.1, 0.15) is 81.1 Å². The van der Waals surface area contributed by atoms with E-state index in [0.717, 1.165) is 11.8 Å². The van der Waals surface area contributed by atoms with E-state index in [4.69, 9.17) is 0 Å². The maximum absolute atomic E-state index is 3.86. The standard InChI is InChI=1S/C21H43N3/c1-18(2)11-15(12-19(3,4)22-18)17(24(9)10)16-13-20(5,6)23-21(7,8)14-16/h15-17,22-23H,11-14H2,1-10H3. The molecule has 0 aromatic rings. The molecule has 0 bridgehead atoms. The molecule has 2 aliphatic heterocycles. The predicted octanol–water partition coefficient (Wildman–Crippen LogP) is 4.03. The molecule has 0 saturated carbocycles. The molecular formula is C21H43N3. The third-order valence-electron chi connectivity index (χ3n) is 6.01. The van der Waals surface area contributed by atoms with Crippen LogP contribution in [0.15, 0.2) is 0 Å². The normalized spacial score (nSPS) is 30.0. The SMILES string of the molecule is CN(C)C(C1CC(C)(C)NC(C)(C)C1)C1CC(C)(C)NC(C)(C)C1. The van der Waals surface area contributed by atoms with Crippen molar-refractivity contribution < 1.29 is 0 Å². The topological polar surface area (TPSA) is 27.3 Å². The van der Waals surface area contributed by atoms with Gasteiger partial charge in [0, 0.05) is 28.2 Å². The van der Waals surface area contributed by atoms with Crippen molar-refractivity contribution in [3.05, 3.63) is 0 Å². The summed E-state index contributed by atoms with van der Waals surface area (Å²) < 4.78 is 0. The van der Waals surface area contributed by atoms with E-state index in [-0.39, 0.29) is 22.2 Å². The number of nitrogens with one attached hydrogen (secondary N) is 2. The summed E-state index contributed by atoms with van der Waals surface area (Å²) in [7, 11) is 4.60. The van der Waals surface area contributed by atoms with Gasteiger partial charge in [-0.05, 0) is 107 Å². The van der Waals surface area contributed by atoms with Gasteiger partial charge in [-0.25, -0.2) is 0 Å². The second-order valence-corrected chi connectivity index (χ2v) is 11.6. The molecule has 3 nitrogen and oxygen atoms in total. The first-order valence-corrected chi connectivity index (χ1v) is 9.87. The van der Waals surface area contributed by atoms with Crippen LogP contribution in [0.2, 0.25) is 0 Å². The lowest BCUT2D eigenvalue weighted by molar-refractivity contribution is 0.00649. The Morgan fingerprint density at radius 3 is 1.08 bits per heavy atom. The van der Waals surface area contributed by atoms with Crippen LogP contribution >= 0.6 is 0 Å². The first-order valence-electron chi connectivity index (χ1n) is 9.87. The van der Waals surface area contributed by atoms with Gasteiger partial charge in [0.1, 0.15) is 0 Å². The van der Waals surface area contributed by atoms with Crippen LogP contribution in [0.5, 0.6) is 0 Å². The lowest BCUT2D eigenvalue weighted by atomic mass is 9.65. The molecule has 2 N–H and O–H groups in total. The van der Waals surface area contributed by atoms with Crippen molar-refractivity contribution in [3.8, 4) is 0 Å². The average Bonchev–Trinajstić information content (AvgIpc) is 2.17. The van der Waals surface area contributed by atoms with Crippen molar-refractivity contribution in [3.63, 3.8) is 0 Å². The summed E-state index contributed by atoms with van der Waals surface area (Å²) in [4.78, 5) is 2.53. The Morgan fingerprint density at radius 1 is 0.625 bits per heavy atom. The highest BCUT2D eigenvalue weighted by Crippen LogP contribution is 2.43. The highest BCUT2D eigenvalue weighted by molar-refractivity contribution is 5.05. The van der Waals surface area contributed by atoms with Crippen LogP contribution < -0.4 is 10.6 Å². The molecule has 0 amide bonds. The van der Waals surface area contributed by atoms with Crippen LogP contribution in [0.4, 0.5) is 0 Å². The van der Waals surface area contributed by atoms with Gasteiger partial charge < -0.3 is 15.5 Å². The Morgan fingerprint density at radius 2 is 0.875 bits per heavy atom. The molecule has 0 atom stereocenters. The van der Waals surface area contributed by atoms with Gasteiger partial charge in [-0.1, -0.05) is 0 Å². The highest BCUT2D eigenvalue weighted by atomic mass is 15.1. The van der Waals surface area contributed by atoms with Gasteiger partial charge in [-0.15, -0.1) is 0 Å². The summed E-state index contributed by atoms with van der Waals surface area (Å²) >= 11 is 0. The molecule has 2 saturated heterocycles. The molecule has 24 heavy (non-hydrogen) atoms. The van der Waals surface area contributed by atoms with E-state index in [9.17, 15) is 0 Å². The molecule has 0 spiro atoms. The minimum absolute atomic E-state index is 0.221. The van der Waals surface area contributed by atoms with Gasteiger partial charge >= 0.3 is 0 Å². The minimum Gasteiger partial charge on any atom is -0.307 e. The molecule has 2 fully saturated rings. The zero-order chi connectivity index (χ0) is 18.6. The third-order valence-corrected chi connectivity index (χ3v) is 6.01. The molecular weight excluding hydrogens is 294 g/mol. The minimum atomic E-state index is 0.221. The van der Waals surface area contributed by atoms with Crippen LogP contribution in [0.3, 0.4) is 0 Å². The fourth-order valence-electron chi connectivity index (χ4n) is 6.51. The van der Waals surface area contributed by atoms with Crippen LogP contribution in [0, 0.1) is 11.8 Å². The van der Waals surface area contributed by atoms with Crippen LogP contribution in [0.25, 0.3) is 0 Å². The van der Waals surface area contributed by atoms with E-state index in [1.807, 2.05) is 0 Å². The van der Waals surface area contributed by atoms with Crippen molar-refractivity contribution >= 4 is 0 Å². The van der Waals surface area contributed by atoms with E-state index in [1.165, 1.54) is 25.7 Å². The van der Waals surface area contributed by atoms with E-state index in [2.05, 4.69) is 85.0 Å². The van der Waals surface area contributed by atoms with Gasteiger partial charge in [0.25, 0.3) is 0 Å². The molecule has 0 aromatic heterocycles. The van der Waals surface area contributed by atoms with Gasteiger partial charge in [0.15, 0.2) is 0 Å². The monoisotopic (exact) mass is 337 g/mol. The van der Waals surface area contributed by atoms with Crippen molar-refractivity contribution in [2.75, 3.05) is 14.1 Å². The molecule has 3 heteroatoms. The molecule has 0 aliphatic carbocycles. The number of rotatable bonds is 3.